The number of aryl methyl sites for hydroxylation is 1. The monoisotopic (exact) mass is 1570 g/mol. The van der Waals surface area contributed by atoms with Crippen molar-refractivity contribution in [3.05, 3.63) is 29.8 Å². The Morgan fingerprint density at radius 2 is 1.44 bits per heavy atom. The number of rotatable bonds is 5. The van der Waals surface area contributed by atoms with Crippen molar-refractivity contribution in [2.75, 3.05) is 49.4 Å². The van der Waals surface area contributed by atoms with E-state index in [1.165, 1.54) is 33.5 Å². The molecule has 5 nitrogen and oxygen atoms in total. The van der Waals surface area contributed by atoms with Gasteiger partial charge in [-0.25, -0.2) is 4.79 Å². The molecule has 0 aromatic heterocycles. The topological polar surface area (TPSA) is 61.8 Å². The van der Waals surface area contributed by atoms with E-state index in [1.807, 2.05) is 11.8 Å². The molecule has 2 heterocycles. The summed E-state index contributed by atoms with van der Waals surface area (Å²) in [6.07, 6.45) is 3.23. The van der Waals surface area contributed by atoms with Crippen LogP contribution in [0.2, 0.25) is 0 Å². The van der Waals surface area contributed by atoms with Gasteiger partial charge in [-0.15, -0.1) is 0 Å². The van der Waals surface area contributed by atoms with E-state index in [2.05, 4.69) is 124 Å². The number of hydrogen-bond acceptors (Lipinski definition) is 6. The van der Waals surface area contributed by atoms with E-state index in [1.54, 1.807) is 0 Å². The maximum absolute atomic E-state index is 12.9. The zero-order valence-electron chi connectivity index (χ0n) is 24.9. The fraction of sp³-hybridized carbons (Fsp3) is 0.714. The SMILES string of the molecule is C1CSCCO1.CC(F)(F)C(=O)OC12CC3CC(C1)C(=O)C(C3)C2.Cc1ccc([S+]2CCOCC2)cc1.II(I)I(I)I(I)I. The number of esters is 1. The van der Waals surface area contributed by atoms with Gasteiger partial charge in [0.25, 0.3) is 0 Å². The van der Waals surface area contributed by atoms with Crippen LogP contribution in [0.4, 0.5) is 8.78 Å². The standard InChI is InChI=1S/C13H16F2O3.C11H15OS.C4H8OS.I8/c1-12(14,15)11(17)18-13-4-7-2-8(5-13)10(16)9(3-7)6-13;1-10-2-4-11(5-3-10)13-8-6-12-7-9-13;1-3-6-4-2-5-1;1-6(2)8(5)7(3)4/h7-9H,2-6H2,1H3;2-5H,6-9H2,1H3;1-4H2;/q;+1;;. The predicted molar refractivity (Wildman–Crippen MR) is 256 cm³/mol. The van der Waals surface area contributed by atoms with Crippen molar-refractivity contribution >= 4 is 151 Å². The number of Topliss-reactive ketones (excluding diaryl/α,β-unsaturated/α-hetero) is 1. The summed E-state index contributed by atoms with van der Waals surface area (Å²) in [5.41, 5.74) is 0.557. The number of carbonyl (C=O) groups excluding carboxylic acids is 2. The Labute approximate surface area is 336 Å². The molecular formula is C28H39F2I8O5S2+. The number of thioether (sulfide) groups is 1. The molecule has 0 amide bonds. The molecule has 2 atom stereocenters. The number of halogens is 10. The van der Waals surface area contributed by atoms with Crippen LogP contribution in [-0.4, -0.2) is 72.7 Å². The Balaban J connectivity index is 0.000000179. The van der Waals surface area contributed by atoms with E-state index in [0.29, 0.717) is 43.0 Å². The van der Waals surface area contributed by atoms with Gasteiger partial charge < -0.3 is 14.2 Å². The van der Waals surface area contributed by atoms with Crippen molar-refractivity contribution in [3.63, 3.8) is 0 Å². The number of benzene rings is 1. The van der Waals surface area contributed by atoms with Crippen molar-refractivity contribution in [3.8, 4) is 0 Å². The molecule has 6 aliphatic rings. The Hall–Kier alpha value is 4.68. The van der Waals surface area contributed by atoms with Crippen LogP contribution in [0.5, 0.6) is 0 Å². The van der Waals surface area contributed by atoms with Crippen LogP contribution in [0.15, 0.2) is 29.2 Å². The van der Waals surface area contributed by atoms with E-state index in [9.17, 15) is 18.4 Å². The Kier molecular flexibility index (Phi) is 21.7. The van der Waals surface area contributed by atoms with E-state index in [-0.39, 0.29) is 41.3 Å². The van der Waals surface area contributed by atoms with Gasteiger partial charge >= 0.3 is 129 Å². The van der Waals surface area contributed by atoms with Crippen LogP contribution in [-0.2, 0) is 34.7 Å². The van der Waals surface area contributed by atoms with Gasteiger partial charge in [-0.2, -0.15) is 20.5 Å². The van der Waals surface area contributed by atoms with Crippen LogP contribution < -0.4 is 0 Å². The van der Waals surface area contributed by atoms with Gasteiger partial charge in [-0.05, 0) is 57.1 Å². The first-order chi connectivity index (χ1) is 21.2. The molecule has 1 aromatic rings. The summed E-state index contributed by atoms with van der Waals surface area (Å²) < 4.78 is 41.4. The summed E-state index contributed by atoms with van der Waals surface area (Å²) in [4.78, 5) is 24.8. The molecule has 0 spiro atoms. The van der Waals surface area contributed by atoms with Crippen LogP contribution in [0, 0.1) is 24.7 Å². The van der Waals surface area contributed by atoms with Crippen LogP contribution >= 0.6 is 129 Å². The number of hydrogen-bond donors (Lipinski definition) is 0. The molecule has 1 aromatic carbocycles. The summed E-state index contributed by atoms with van der Waals surface area (Å²) in [5.74, 6) is 0.375. The molecule has 2 saturated heterocycles. The van der Waals surface area contributed by atoms with Crippen molar-refractivity contribution in [1.29, 1.82) is 0 Å². The van der Waals surface area contributed by atoms with Crippen molar-refractivity contribution in [2.45, 2.75) is 62.4 Å². The third-order valence-electron chi connectivity index (χ3n) is 7.82. The molecule has 7 rings (SSSR count). The Bertz CT molecular complexity index is 1040. The van der Waals surface area contributed by atoms with E-state index < -0.39 is 17.5 Å². The number of alkyl halides is 2. The van der Waals surface area contributed by atoms with Crippen LogP contribution in [0.25, 0.3) is 0 Å². The third kappa shape index (κ3) is 15.5. The van der Waals surface area contributed by atoms with Gasteiger partial charge in [-0.1, -0.05) is 17.7 Å². The van der Waals surface area contributed by atoms with Gasteiger partial charge in [0.1, 0.15) is 22.9 Å². The average Bonchev–Trinajstić information content (AvgIpc) is 3.01. The van der Waals surface area contributed by atoms with Crippen molar-refractivity contribution in [2.24, 2.45) is 17.8 Å². The first-order valence-corrected chi connectivity index (χ1v) is 61.0. The quantitative estimate of drug-likeness (QED) is 0.166. The molecule has 0 N–H and O–H groups in total. The first-order valence-electron chi connectivity index (χ1n) is 14.3. The van der Waals surface area contributed by atoms with Gasteiger partial charge in [0.15, 0.2) is 4.90 Å². The molecule has 0 radical (unpaired) electrons. The molecular weight excluding hydrogens is 1530 g/mol. The van der Waals surface area contributed by atoms with E-state index in [0.717, 1.165) is 39.3 Å². The molecule has 4 saturated carbocycles. The second-order valence-electron chi connectivity index (χ2n) is 11.2. The summed E-state index contributed by atoms with van der Waals surface area (Å²) in [5, 5.41) is 0. The molecule has 2 unspecified atom stereocenters. The second-order valence-corrected chi connectivity index (χ2v) is 161. The maximum atomic E-state index is 12.9. The second kappa shape index (κ2) is 22.2. The molecule has 17 heteroatoms. The minimum absolute atomic E-state index is 0.0745. The number of carbonyl (C=O) groups is 2. The Morgan fingerprint density at radius 1 is 0.933 bits per heavy atom. The average molecular weight is 1570 g/mol. The zero-order valence-corrected chi connectivity index (χ0v) is 43.8. The van der Waals surface area contributed by atoms with Crippen molar-refractivity contribution < 1.29 is 32.6 Å². The van der Waals surface area contributed by atoms with Gasteiger partial charge in [-0.3, -0.25) is 4.79 Å². The molecule has 6 fully saturated rings. The summed E-state index contributed by atoms with van der Waals surface area (Å²) in [6, 6.07) is 8.95. The van der Waals surface area contributed by atoms with Gasteiger partial charge in [0.05, 0.1) is 26.4 Å². The first kappa shape index (κ1) is 44.1. The van der Waals surface area contributed by atoms with E-state index >= 15 is 0 Å². The van der Waals surface area contributed by atoms with E-state index in [4.69, 9.17) is 14.2 Å². The fourth-order valence-corrected chi connectivity index (χ4v) is 428. The minimum atomic E-state index is -3.45. The van der Waals surface area contributed by atoms with Crippen LogP contribution in [0.3, 0.4) is 0 Å². The molecule has 4 bridgehead atoms. The Morgan fingerprint density at radius 3 is 1.84 bits per heavy atom. The molecule has 45 heavy (non-hydrogen) atoms. The zero-order chi connectivity index (χ0) is 33.2. The number of ketones is 1. The molecule has 262 valence electrons. The predicted octanol–water partition coefficient (Wildman–Crippen LogP) is 12.2. The summed E-state index contributed by atoms with van der Waals surface area (Å²) in [7, 11) is -0.484. The fourth-order valence-electron chi connectivity index (χ4n) is 6.05. The van der Waals surface area contributed by atoms with Crippen molar-refractivity contribution in [1.82, 2.24) is 0 Å². The van der Waals surface area contributed by atoms with Gasteiger partial charge in [0, 0.05) is 41.2 Å². The number of ether oxygens (including phenoxy) is 3. The third-order valence-corrected chi connectivity index (χ3v) is 341. The molecule has 2 aliphatic heterocycles. The van der Waals surface area contributed by atoms with Crippen LogP contribution in [0.1, 0.15) is 44.6 Å². The summed E-state index contributed by atoms with van der Waals surface area (Å²) >= 11 is 15.6. The normalized spacial score (nSPS) is 28.2. The summed E-state index contributed by atoms with van der Waals surface area (Å²) in [6.45, 7) is 6.50. The molecule has 4 aliphatic carbocycles. The van der Waals surface area contributed by atoms with Gasteiger partial charge in [0.2, 0.25) is 0 Å².